The van der Waals surface area contributed by atoms with Crippen LogP contribution in [-0.2, 0) is 14.3 Å². The van der Waals surface area contributed by atoms with Crippen molar-refractivity contribution >= 4 is 34.9 Å². The third kappa shape index (κ3) is 3.28. The van der Waals surface area contributed by atoms with Crippen LogP contribution in [0, 0.1) is 0 Å². The van der Waals surface area contributed by atoms with Crippen LogP contribution in [0.3, 0.4) is 0 Å². The molecular formula is C20H21N3O5. The summed E-state index contributed by atoms with van der Waals surface area (Å²) in [4.78, 5) is 53.3. The first kappa shape index (κ1) is 19.3. The monoisotopic (exact) mass is 383 g/mol. The lowest BCUT2D eigenvalue weighted by Crippen LogP contribution is -2.60. The van der Waals surface area contributed by atoms with Crippen LogP contribution in [0.1, 0.15) is 48.5 Å². The molecule has 1 aromatic carbocycles. The number of hydrogen-bond acceptors (Lipinski definition) is 5. The van der Waals surface area contributed by atoms with Crippen molar-refractivity contribution in [2.45, 2.75) is 39.3 Å². The standard InChI is InChI=1S/C20H21N3O5/c1-11(24)13-9-15(21-10-13)18(26)28-12(2)17(25)23-16-8-6-5-7-14(16)22-19(27)20(23,3)4/h5-10,12,21H,1-4H3,(H,22,27)/t12-/m1/s1. The van der Waals surface area contributed by atoms with Crippen LogP contribution in [0.4, 0.5) is 11.4 Å². The highest BCUT2D eigenvalue weighted by atomic mass is 16.5. The van der Waals surface area contributed by atoms with Crippen molar-refractivity contribution < 1.29 is 23.9 Å². The molecule has 0 aliphatic carbocycles. The maximum Gasteiger partial charge on any atom is 0.355 e. The quantitative estimate of drug-likeness (QED) is 0.623. The van der Waals surface area contributed by atoms with Crippen LogP contribution >= 0.6 is 0 Å². The second-order valence-corrected chi connectivity index (χ2v) is 7.11. The molecule has 28 heavy (non-hydrogen) atoms. The predicted molar refractivity (Wildman–Crippen MR) is 102 cm³/mol. The lowest BCUT2D eigenvalue weighted by molar-refractivity contribution is -0.131. The number of Topliss-reactive ketones (excluding diaryl/α,β-unsaturated/α-hetero) is 1. The molecule has 146 valence electrons. The molecule has 8 heteroatoms. The number of ether oxygens (including phenoxy) is 1. The number of benzene rings is 1. The van der Waals surface area contributed by atoms with Crippen LogP contribution in [0.25, 0.3) is 0 Å². The van der Waals surface area contributed by atoms with Crippen molar-refractivity contribution in [3.63, 3.8) is 0 Å². The molecular weight excluding hydrogens is 362 g/mol. The number of esters is 1. The van der Waals surface area contributed by atoms with E-state index in [0.29, 0.717) is 16.9 Å². The van der Waals surface area contributed by atoms with E-state index in [9.17, 15) is 19.2 Å². The number of fused-ring (bicyclic) bond motifs is 1. The summed E-state index contributed by atoms with van der Waals surface area (Å²) < 4.78 is 5.28. The van der Waals surface area contributed by atoms with Crippen molar-refractivity contribution in [1.82, 2.24) is 4.98 Å². The minimum Gasteiger partial charge on any atom is -0.448 e. The van der Waals surface area contributed by atoms with Gasteiger partial charge in [0.1, 0.15) is 11.2 Å². The second-order valence-electron chi connectivity index (χ2n) is 7.11. The van der Waals surface area contributed by atoms with Crippen LogP contribution < -0.4 is 10.2 Å². The van der Waals surface area contributed by atoms with Crippen molar-refractivity contribution in [2.24, 2.45) is 0 Å². The Morgan fingerprint density at radius 3 is 2.50 bits per heavy atom. The molecule has 8 nitrogen and oxygen atoms in total. The maximum absolute atomic E-state index is 13.1. The molecule has 1 atom stereocenters. The third-order valence-corrected chi connectivity index (χ3v) is 4.67. The van der Waals surface area contributed by atoms with Gasteiger partial charge in [-0.2, -0.15) is 0 Å². The zero-order chi connectivity index (χ0) is 20.6. The van der Waals surface area contributed by atoms with E-state index >= 15 is 0 Å². The normalized spacial score (nSPS) is 16.0. The average molecular weight is 383 g/mol. The number of aromatic nitrogens is 1. The Balaban J connectivity index is 1.84. The zero-order valence-corrected chi connectivity index (χ0v) is 16.0. The summed E-state index contributed by atoms with van der Waals surface area (Å²) in [7, 11) is 0. The number of carbonyl (C=O) groups is 4. The van der Waals surface area contributed by atoms with E-state index in [1.165, 1.54) is 31.0 Å². The topological polar surface area (TPSA) is 109 Å². The van der Waals surface area contributed by atoms with Gasteiger partial charge < -0.3 is 15.0 Å². The molecule has 0 unspecified atom stereocenters. The Labute approximate surface area is 161 Å². The first-order valence-electron chi connectivity index (χ1n) is 8.78. The molecule has 1 aliphatic rings. The number of rotatable bonds is 4. The Hall–Kier alpha value is -3.42. The molecule has 2 heterocycles. The van der Waals surface area contributed by atoms with Gasteiger partial charge in [0.15, 0.2) is 11.9 Å². The molecule has 2 amide bonds. The van der Waals surface area contributed by atoms with E-state index in [0.717, 1.165) is 0 Å². The molecule has 0 spiro atoms. The summed E-state index contributed by atoms with van der Waals surface area (Å²) in [5, 5.41) is 2.78. The highest BCUT2D eigenvalue weighted by Crippen LogP contribution is 2.37. The van der Waals surface area contributed by atoms with Crippen LogP contribution in [0.2, 0.25) is 0 Å². The minimum absolute atomic E-state index is 0.0703. The van der Waals surface area contributed by atoms with Gasteiger partial charge in [-0.05, 0) is 45.9 Å². The van der Waals surface area contributed by atoms with Gasteiger partial charge in [-0.1, -0.05) is 12.1 Å². The number of nitrogens with zero attached hydrogens (tertiary/aromatic N) is 1. The largest absolute Gasteiger partial charge is 0.448 e. The molecule has 0 saturated heterocycles. The van der Waals surface area contributed by atoms with Crippen molar-refractivity contribution in [3.05, 3.63) is 47.8 Å². The summed E-state index contributed by atoms with van der Waals surface area (Å²) in [6, 6.07) is 8.29. The molecule has 0 radical (unpaired) electrons. The average Bonchev–Trinajstić information content (AvgIpc) is 3.12. The number of para-hydroxylation sites is 2. The fourth-order valence-electron chi connectivity index (χ4n) is 3.02. The van der Waals surface area contributed by atoms with Crippen LogP contribution in [0.15, 0.2) is 36.5 Å². The lowest BCUT2D eigenvalue weighted by atomic mass is 9.95. The van der Waals surface area contributed by atoms with Crippen LogP contribution in [0.5, 0.6) is 0 Å². The van der Waals surface area contributed by atoms with E-state index in [-0.39, 0.29) is 17.4 Å². The zero-order valence-electron chi connectivity index (χ0n) is 16.0. The number of amides is 2. The smallest absolute Gasteiger partial charge is 0.355 e. The number of nitrogens with one attached hydrogen (secondary N) is 2. The number of carbonyl (C=O) groups excluding carboxylic acids is 4. The van der Waals surface area contributed by atoms with Gasteiger partial charge in [0.05, 0.1) is 11.4 Å². The van der Waals surface area contributed by atoms with Crippen LogP contribution in [-0.4, -0.2) is 40.2 Å². The Morgan fingerprint density at radius 2 is 1.86 bits per heavy atom. The fourth-order valence-corrected chi connectivity index (χ4v) is 3.02. The molecule has 1 aromatic heterocycles. The van der Waals surface area contributed by atoms with Gasteiger partial charge in [-0.15, -0.1) is 0 Å². The minimum atomic E-state index is -1.17. The number of H-pyrrole nitrogens is 1. The molecule has 0 fully saturated rings. The molecule has 0 bridgehead atoms. The first-order chi connectivity index (χ1) is 13.1. The lowest BCUT2D eigenvalue weighted by Gasteiger charge is -2.42. The SMILES string of the molecule is CC(=O)c1c[nH]c(C(=O)O[C@H](C)C(=O)N2c3ccccc3NC(=O)C2(C)C)c1. The first-order valence-corrected chi connectivity index (χ1v) is 8.78. The number of ketones is 1. The molecule has 1 aliphatic heterocycles. The summed E-state index contributed by atoms with van der Waals surface area (Å²) >= 11 is 0. The summed E-state index contributed by atoms with van der Waals surface area (Å²) in [5.74, 6) is -1.83. The highest BCUT2D eigenvalue weighted by Gasteiger charge is 2.45. The van der Waals surface area contributed by atoms with Crippen molar-refractivity contribution in [3.8, 4) is 0 Å². The van der Waals surface area contributed by atoms with Gasteiger partial charge in [0, 0.05) is 11.8 Å². The van der Waals surface area contributed by atoms with E-state index in [4.69, 9.17) is 4.74 Å². The number of anilines is 2. The van der Waals surface area contributed by atoms with Gasteiger partial charge in [-0.3, -0.25) is 19.3 Å². The highest BCUT2D eigenvalue weighted by molar-refractivity contribution is 6.15. The molecule has 0 saturated carbocycles. The predicted octanol–water partition coefficient (Wildman–Crippen LogP) is 2.53. The Kier molecular flexibility index (Phi) is 4.80. The molecule has 3 rings (SSSR count). The van der Waals surface area contributed by atoms with Gasteiger partial charge >= 0.3 is 5.97 Å². The van der Waals surface area contributed by atoms with Crippen molar-refractivity contribution in [2.75, 3.05) is 10.2 Å². The number of aromatic amines is 1. The van der Waals surface area contributed by atoms with E-state index in [1.807, 2.05) is 0 Å². The summed E-state index contributed by atoms with van der Waals surface area (Å²) in [6.45, 7) is 6.06. The third-order valence-electron chi connectivity index (χ3n) is 4.67. The maximum atomic E-state index is 13.1. The van der Waals surface area contributed by atoms with E-state index < -0.39 is 23.5 Å². The fraction of sp³-hybridized carbons (Fsp3) is 0.300. The molecule has 2 aromatic rings. The van der Waals surface area contributed by atoms with Gasteiger partial charge in [0.25, 0.3) is 5.91 Å². The summed E-state index contributed by atoms with van der Waals surface area (Å²) in [6.07, 6.45) is 0.259. The molecule has 2 N–H and O–H groups in total. The second kappa shape index (κ2) is 6.95. The number of hydrogen-bond donors (Lipinski definition) is 2. The van der Waals surface area contributed by atoms with Crippen molar-refractivity contribution in [1.29, 1.82) is 0 Å². The summed E-state index contributed by atoms with van der Waals surface area (Å²) in [5.41, 5.74) is 0.280. The van der Waals surface area contributed by atoms with E-state index in [1.54, 1.807) is 38.1 Å². The Morgan fingerprint density at radius 1 is 1.18 bits per heavy atom. The van der Waals surface area contributed by atoms with Gasteiger partial charge in [0.2, 0.25) is 5.91 Å². The Bertz CT molecular complexity index is 976. The van der Waals surface area contributed by atoms with Gasteiger partial charge in [-0.25, -0.2) is 4.79 Å². The van der Waals surface area contributed by atoms with E-state index in [2.05, 4.69) is 10.3 Å².